The lowest BCUT2D eigenvalue weighted by molar-refractivity contribution is 1.01. The largest absolute Gasteiger partial charge is 0.309 e. The van der Waals surface area contributed by atoms with Crippen LogP contribution in [0.2, 0.25) is 0 Å². The maximum absolute atomic E-state index is 5.44. The van der Waals surface area contributed by atoms with Crippen LogP contribution in [0, 0.1) is 0 Å². The van der Waals surface area contributed by atoms with Crippen LogP contribution in [-0.4, -0.2) is 24.1 Å². The second-order valence-electron chi connectivity index (χ2n) is 13.3. The molecular weight excluding hydrogens is 635 g/mol. The molecule has 0 aliphatic heterocycles. The van der Waals surface area contributed by atoms with Gasteiger partial charge in [0.2, 0.25) is 5.95 Å². The monoisotopic (exact) mass is 663 g/mol. The summed E-state index contributed by atoms with van der Waals surface area (Å²) in [7, 11) is 0. The number of hydrogen-bond acceptors (Lipinski definition) is 3. The minimum absolute atomic E-state index is 0.590. The second kappa shape index (κ2) is 11.2. The molecule has 5 heteroatoms. The summed E-state index contributed by atoms with van der Waals surface area (Å²) in [6.45, 7) is 0. The summed E-state index contributed by atoms with van der Waals surface area (Å²) in [5.74, 6) is 0.590. The quantitative estimate of drug-likeness (QED) is 0.188. The van der Waals surface area contributed by atoms with Gasteiger partial charge in [0, 0.05) is 44.4 Å². The van der Waals surface area contributed by atoms with E-state index >= 15 is 0 Å². The Morgan fingerprint density at radius 3 is 1.88 bits per heavy atom. The first-order chi connectivity index (χ1) is 25.8. The van der Waals surface area contributed by atoms with Crippen LogP contribution < -0.4 is 0 Å². The summed E-state index contributed by atoms with van der Waals surface area (Å²) in [6, 6.07) is 60.3. The number of fused-ring (bicyclic) bond motifs is 8. The van der Waals surface area contributed by atoms with E-state index in [2.05, 4.69) is 173 Å². The number of hydrogen-bond donors (Lipinski definition) is 0. The Bertz CT molecular complexity index is 3180. The fraction of sp³-hybridized carbons (Fsp3) is 0. The number of aromatic nitrogens is 5. The van der Waals surface area contributed by atoms with E-state index in [9.17, 15) is 0 Å². The maximum atomic E-state index is 5.44. The van der Waals surface area contributed by atoms with Gasteiger partial charge in [-0.25, -0.2) is 9.97 Å². The van der Waals surface area contributed by atoms with Crippen molar-refractivity contribution < 1.29 is 0 Å². The first-order valence-electron chi connectivity index (χ1n) is 17.5. The smallest absolute Gasteiger partial charge is 0.237 e. The fourth-order valence-corrected chi connectivity index (χ4v) is 7.98. The third-order valence-corrected chi connectivity index (χ3v) is 10.4. The average Bonchev–Trinajstić information content (AvgIpc) is 3.71. The highest BCUT2D eigenvalue weighted by molar-refractivity contribution is 6.15. The number of para-hydroxylation sites is 2. The molecule has 0 bridgehead atoms. The first kappa shape index (κ1) is 28.7. The molecule has 11 aromatic rings. The van der Waals surface area contributed by atoms with Gasteiger partial charge in [-0.2, -0.15) is 4.98 Å². The van der Waals surface area contributed by atoms with E-state index in [-0.39, 0.29) is 0 Å². The summed E-state index contributed by atoms with van der Waals surface area (Å²) in [4.78, 5) is 15.4. The molecule has 0 spiro atoms. The number of rotatable bonds is 4. The van der Waals surface area contributed by atoms with Crippen molar-refractivity contribution in [2.24, 2.45) is 0 Å². The van der Waals surface area contributed by atoms with Crippen LogP contribution in [0.25, 0.3) is 99.4 Å². The van der Waals surface area contributed by atoms with Gasteiger partial charge >= 0.3 is 0 Å². The molecule has 0 amide bonds. The summed E-state index contributed by atoms with van der Waals surface area (Å²) >= 11 is 0. The molecule has 0 radical (unpaired) electrons. The van der Waals surface area contributed by atoms with Crippen LogP contribution in [0.15, 0.2) is 176 Å². The van der Waals surface area contributed by atoms with Crippen molar-refractivity contribution in [3.05, 3.63) is 176 Å². The zero-order valence-electron chi connectivity index (χ0n) is 28.0. The molecule has 11 rings (SSSR count). The van der Waals surface area contributed by atoms with Crippen molar-refractivity contribution in [1.82, 2.24) is 24.1 Å². The van der Waals surface area contributed by atoms with Crippen LogP contribution in [0.4, 0.5) is 0 Å². The average molecular weight is 664 g/mol. The lowest BCUT2D eigenvalue weighted by atomic mass is 10.0. The molecule has 0 atom stereocenters. The van der Waals surface area contributed by atoms with Crippen LogP contribution in [0.3, 0.4) is 0 Å². The standard InChI is InChI=1S/C47H29N5/c1-3-12-30(13-4-1)33-22-24-42-39(27-33)40-26-31-14-7-8-15-32(31)28-44(40)52(42)47-49-45(38-19-11-25-48-46(38)50-47)34-21-23-37-36-18-9-10-20-41(36)51(43(37)29-34)35-16-5-2-6-17-35/h1-29H. The molecule has 0 fully saturated rings. The van der Waals surface area contributed by atoms with Crippen LogP contribution in [0.5, 0.6) is 0 Å². The van der Waals surface area contributed by atoms with Crippen LogP contribution in [0.1, 0.15) is 0 Å². The molecule has 0 aliphatic rings. The lowest BCUT2D eigenvalue weighted by Gasteiger charge is -2.12. The maximum Gasteiger partial charge on any atom is 0.237 e. The van der Waals surface area contributed by atoms with E-state index in [4.69, 9.17) is 15.0 Å². The van der Waals surface area contributed by atoms with E-state index in [1.54, 1.807) is 0 Å². The number of benzene rings is 7. The van der Waals surface area contributed by atoms with Crippen molar-refractivity contribution in [1.29, 1.82) is 0 Å². The third kappa shape index (κ3) is 4.33. The Balaban J connectivity index is 1.20. The minimum Gasteiger partial charge on any atom is -0.309 e. The van der Waals surface area contributed by atoms with E-state index < -0.39 is 0 Å². The Morgan fingerprint density at radius 1 is 0.365 bits per heavy atom. The highest BCUT2D eigenvalue weighted by Crippen LogP contribution is 2.39. The normalized spacial score (nSPS) is 11.8. The molecule has 7 aromatic carbocycles. The Kier molecular flexibility index (Phi) is 6.18. The molecule has 0 saturated carbocycles. The van der Waals surface area contributed by atoms with Gasteiger partial charge in [0.05, 0.1) is 27.8 Å². The van der Waals surface area contributed by atoms with Crippen LogP contribution in [-0.2, 0) is 0 Å². The fourth-order valence-electron chi connectivity index (χ4n) is 7.98. The molecule has 0 unspecified atom stereocenters. The summed E-state index contributed by atoms with van der Waals surface area (Å²) in [5, 5.41) is 8.00. The molecule has 4 aromatic heterocycles. The topological polar surface area (TPSA) is 48.5 Å². The summed E-state index contributed by atoms with van der Waals surface area (Å²) in [6.07, 6.45) is 1.81. The van der Waals surface area contributed by atoms with Gasteiger partial charge in [-0.3, -0.25) is 4.57 Å². The molecule has 52 heavy (non-hydrogen) atoms. The Hall–Kier alpha value is -7.11. The van der Waals surface area contributed by atoms with Crippen LogP contribution >= 0.6 is 0 Å². The number of pyridine rings is 1. The van der Waals surface area contributed by atoms with E-state index in [0.717, 1.165) is 49.7 Å². The molecule has 0 N–H and O–H groups in total. The third-order valence-electron chi connectivity index (χ3n) is 10.4. The lowest BCUT2D eigenvalue weighted by Crippen LogP contribution is -2.04. The number of nitrogens with zero attached hydrogens (tertiary/aromatic N) is 5. The molecule has 242 valence electrons. The zero-order chi connectivity index (χ0) is 34.2. The first-order valence-corrected chi connectivity index (χ1v) is 17.5. The minimum atomic E-state index is 0.590. The molecular formula is C47H29N5. The predicted octanol–water partition coefficient (Wildman–Crippen LogP) is 11.7. The van der Waals surface area contributed by atoms with Crippen molar-refractivity contribution in [2.45, 2.75) is 0 Å². The van der Waals surface area contributed by atoms with Crippen molar-refractivity contribution in [2.75, 3.05) is 0 Å². The Labute approximate surface area is 298 Å². The predicted molar refractivity (Wildman–Crippen MR) is 214 cm³/mol. The van der Waals surface area contributed by atoms with Gasteiger partial charge in [-0.05, 0) is 82.6 Å². The van der Waals surface area contributed by atoms with Gasteiger partial charge in [-0.15, -0.1) is 0 Å². The van der Waals surface area contributed by atoms with Gasteiger partial charge in [0.15, 0.2) is 5.65 Å². The molecule has 0 saturated heterocycles. The highest BCUT2D eigenvalue weighted by Gasteiger charge is 2.20. The summed E-state index contributed by atoms with van der Waals surface area (Å²) < 4.78 is 4.56. The molecule has 4 heterocycles. The van der Waals surface area contributed by atoms with Crippen molar-refractivity contribution >= 4 is 65.4 Å². The van der Waals surface area contributed by atoms with Gasteiger partial charge in [0.1, 0.15) is 0 Å². The van der Waals surface area contributed by atoms with E-state index in [1.807, 2.05) is 12.3 Å². The molecule has 0 aliphatic carbocycles. The zero-order valence-corrected chi connectivity index (χ0v) is 28.0. The summed E-state index contributed by atoms with van der Waals surface area (Å²) in [5.41, 5.74) is 10.4. The van der Waals surface area contributed by atoms with Gasteiger partial charge in [-0.1, -0.05) is 109 Å². The SMILES string of the molecule is c1ccc(-c2ccc3c(c2)c2cc4ccccc4cc2n3-c2nc(-c3ccc4c5ccccc5n(-c5ccccc5)c4c3)c3cccnc3n2)cc1. The second-order valence-corrected chi connectivity index (χ2v) is 13.3. The highest BCUT2D eigenvalue weighted by atomic mass is 15.2. The van der Waals surface area contributed by atoms with Gasteiger partial charge < -0.3 is 4.57 Å². The molecule has 5 nitrogen and oxygen atoms in total. The Morgan fingerprint density at radius 2 is 1.02 bits per heavy atom. The van der Waals surface area contributed by atoms with Gasteiger partial charge in [0.25, 0.3) is 0 Å². The van der Waals surface area contributed by atoms with E-state index in [1.165, 1.54) is 38.2 Å². The van der Waals surface area contributed by atoms with Crippen molar-refractivity contribution in [3.8, 4) is 34.0 Å². The van der Waals surface area contributed by atoms with E-state index in [0.29, 0.717) is 11.6 Å². The van der Waals surface area contributed by atoms with Crippen molar-refractivity contribution in [3.63, 3.8) is 0 Å².